The fourth-order valence-corrected chi connectivity index (χ4v) is 2.72. The predicted octanol–water partition coefficient (Wildman–Crippen LogP) is 3.61. The standard InChI is InChI=1S/C14H20O2S/c1-5-11-8-9-12(17-11)10-14(4,6-2)13(15)16-7-3/h6,8-9H,2,5,7,10H2,1,3-4H3. The first kappa shape index (κ1) is 14.0. The highest BCUT2D eigenvalue weighted by atomic mass is 32.1. The second-order valence-electron chi connectivity index (χ2n) is 4.24. The molecule has 0 saturated heterocycles. The lowest BCUT2D eigenvalue weighted by molar-refractivity contribution is -0.151. The van der Waals surface area contributed by atoms with Crippen LogP contribution in [-0.4, -0.2) is 12.6 Å². The van der Waals surface area contributed by atoms with E-state index in [1.54, 1.807) is 17.4 Å². The lowest BCUT2D eigenvalue weighted by Crippen LogP contribution is -2.29. The quantitative estimate of drug-likeness (QED) is 0.571. The lowest BCUT2D eigenvalue weighted by atomic mass is 9.86. The Labute approximate surface area is 107 Å². The van der Waals surface area contributed by atoms with Crippen LogP contribution in [0.25, 0.3) is 0 Å². The van der Waals surface area contributed by atoms with Crippen molar-refractivity contribution in [3.8, 4) is 0 Å². The number of thiophene rings is 1. The summed E-state index contributed by atoms with van der Waals surface area (Å²) in [6.45, 7) is 10.0. The molecule has 0 aliphatic rings. The fraction of sp³-hybridized carbons (Fsp3) is 0.500. The summed E-state index contributed by atoms with van der Waals surface area (Å²) in [6.07, 6.45) is 3.39. The summed E-state index contributed by atoms with van der Waals surface area (Å²) in [7, 11) is 0. The van der Waals surface area contributed by atoms with Gasteiger partial charge in [0.1, 0.15) is 0 Å². The normalized spacial score (nSPS) is 14.1. The summed E-state index contributed by atoms with van der Waals surface area (Å²) in [6, 6.07) is 4.21. The first-order valence-electron chi connectivity index (χ1n) is 5.94. The molecule has 1 aromatic heterocycles. The van der Waals surface area contributed by atoms with E-state index in [0.717, 1.165) is 6.42 Å². The van der Waals surface area contributed by atoms with Crippen molar-refractivity contribution in [1.29, 1.82) is 0 Å². The molecule has 94 valence electrons. The number of rotatable bonds is 6. The molecule has 0 saturated carbocycles. The van der Waals surface area contributed by atoms with Crippen molar-refractivity contribution in [2.24, 2.45) is 5.41 Å². The van der Waals surface area contributed by atoms with Gasteiger partial charge >= 0.3 is 5.97 Å². The predicted molar refractivity (Wildman–Crippen MR) is 72.3 cm³/mol. The molecule has 1 atom stereocenters. The second-order valence-corrected chi connectivity index (χ2v) is 5.49. The highest BCUT2D eigenvalue weighted by Gasteiger charge is 2.32. The van der Waals surface area contributed by atoms with Gasteiger partial charge in [-0.15, -0.1) is 17.9 Å². The summed E-state index contributed by atoms with van der Waals surface area (Å²) in [5.41, 5.74) is -0.619. The Kier molecular flexibility index (Phi) is 4.94. The molecule has 0 radical (unpaired) electrons. The summed E-state index contributed by atoms with van der Waals surface area (Å²) >= 11 is 1.76. The van der Waals surface area contributed by atoms with Crippen molar-refractivity contribution in [3.05, 3.63) is 34.5 Å². The first-order valence-corrected chi connectivity index (χ1v) is 6.75. The highest BCUT2D eigenvalue weighted by molar-refractivity contribution is 7.12. The zero-order valence-corrected chi connectivity index (χ0v) is 11.6. The number of aryl methyl sites for hydroxylation is 1. The third kappa shape index (κ3) is 3.43. The minimum absolute atomic E-state index is 0.193. The van der Waals surface area contributed by atoms with E-state index in [0.29, 0.717) is 13.0 Å². The molecule has 0 aromatic carbocycles. The van der Waals surface area contributed by atoms with Crippen LogP contribution in [-0.2, 0) is 22.4 Å². The van der Waals surface area contributed by atoms with Crippen LogP contribution in [0.5, 0.6) is 0 Å². The summed E-state index contributed by atoms with van der Waals surface area (Å²) in [4.78, 5) is 14.4. The van der Waals surface area contributed by atoms with Crippen molar-refractivity contribution < 1.29 is 9.53 Å². The van der Waals surface area contributed by atoms with Crippen molar-refractivity contribution in [1.82, 2.24) is 0 Å². The molecular weight excluding hydrogens is 232 g/mol. The second kappa shape index (κ2) is 6.01. The molecule has 2 nitrogen and oxygen atoms in total. The first-order chi connectivity index (χ1) is 8.05. The number of hydrogen-bond donors (Lipinski definition) is 0. The average Bonchev–Trinajstić information content (AvgIpc) is 2.76. The molecule has 1 unspecified atom stereocenters. The summed E-state index contributed by atoms with van der Waals surface area (Å²) in [5.74, 6) is -0.193. The smallest absolute Gasteiger partial charge is 0.315 e. The molecule has 0 amide bonds. The molecule has 0 bridgehead atoms. The zero-order valence-electron chi connectivity index (χ0n) is 10.8. The largest absolute Gasteiger partial charge is 0.465 e. The van der Waals surface area contributed by atoms with Crippen LogP contribution in [0.1, 0.15) is 30.5 Å². The van der Waals surface area contributed by atoms with Gasteiger partial charge < -0.3 is 4.74 Å². The van der Waals surface area contributed by atoms with E-state index in [1.807, 2.05) is 13.8 Å². The van der Waals surface area contributed by atoms with Crippen molar-refractivity contribution >= 4 is 17.3 Å². The van der Waals surface area contributed by atoms with Crippen LogP contribution >= 0.6 is 11.3 Å². The Morgan fingerprint density at radius 1 is 1.47 bits per heavy atom. The molecule has 1 aromatic rings. The van der Waals surface area contributed by atoms with Crippen LogP contribution < -0.4 is 0 Å². The molecule has 0 aliphatic heterocycles. The molecule has 0 N–H and O–H groups in total. The van der Waals surface area contributed by atoms with Gasteiger partial charge in [-0.1, -0.05) is 13.0 Å². The molecule has 3 heteroatoms. The van der Waals surface area contributed by atoms with Crippen LogP contribution in [0.15, 0.2) is 24.8 Å². The maximum absolute atomic E-state index is 11.9. The van der Waals surface area contributed by atoms with E-state index >= 15 is 0 Å². The number of hydrogen-bond acceptors (Lipinski definition) is 3. The van der Waals surface area contributed by atoms with Crippen molar-refractivity contribution in [2.45, 2.75) is 33.6 Å². The fourth-order valence-electron chi connectivity index (χ4n) is 1.59. The topological polar surface area (TPSA) is 26.3 Å². The molecule has 17 heavy (non-hydrogen) atoms. The van der Waals surface area contributed by atoms with Crippen molar-refractivity contribution in [2.75, 3.05) is 6.61 Å². The maximum Gasteiger partial charge on any atom is 0.315 e. The van der Waals surface area contributed by atoms with Gasteiger partial charge in [-0.2, -0.15) is 0 Å². The van der Waals surface area contributed by atoms with E-state index in [-0.39, 0.29) is 5.97 Å². The van der Waals surface area contributed by atoms with Gasteiger partial charge in [0.25, 0.3) is 0 Å². The Morgan fingerprint density at radius 2 is 2.12 bits per heavy atom. The highest BCUT2D eigenvalue weighted by Crippen LogP contribution is 2.29. The zero-order chi connectivity index (χ0) is 12.9. The van der Waals surface area contributed by atoms with Gasteiger partial charge in [0.2, 0.25) is 0 Å². The summed E-state index contributed by atoms with van der Waals surface area (Å²) < 4.78 is 5.10. The Hall–Kier alpha value is -1.09. The Balaban J connectivity index is 2.81. The van der Waals surface area contributed by atoms with Gasteiger partial charge in [-0.25, -0.2) is 0 Å². The van der Waals surface area contributed by atoms with Gasteiger partial charge in [0, 0.05) is 16.2 Å². The Morgan fingerprint density at radius 3 is 2.59 bits per heavy atom. The van der Waals surface area contributed by atoms with E-state index in [9.17, 15) is 4.79 Å². The number of ether oxygens (including phenoxy) is 1. The Bertz CT molecular complexity index is 395. The van der Waals surface area contributed by atoms with Gasteiger partial charge in [0.15, 0.2) is 0 Å². The molecular formula is C14H20O2S. The van der Waals surface area contributed by atoms with Crippen LogP contribution in [0.4, 0.5) is 0 Å². The van der Waals surface area contributed by atoms with Gasteiger partial charge in [-0.05, 0) is 32.4 Å². The molecule has 0 fully saturated rings. The van der Waals surface area contributed by atoms with E-state index in [4.69, 9.17) is 4.74 Å². The minimum Gasteiger partial charge on any atom is -0.465 e. The van der Waals surface area contributed by atoms with Gasteiger partial charge in [0.05, 0.1) is 12.0 Å². The molecule has 1 rings (SSSR count). The molecule has 0 spiro atoms. The summed E-state index contributed by atoms with van der Waals surface area (Å²) in [5, 5.41) is 0. The van der Waals surface area contributed by atoms with E-state index < -0.39 is 5.41 Å². The third-order valence-corrected chi connectivity index (χ3v) is 4.03. The molecule has 0 aliphatic carbocycles. The lowest BCUT2D eigenvalue weighted by Gasteiger charge is -2.22. The number of carbonyl (C=O) groups excluding carboxylic acids is 1. The maximum atomic E-state index is 11.9. The average molecular weight is 252 g/mol. The van der Waals surface area contributed by atoms with Crippen molar-refractivity contribution in [3.63, 3.8) is 0 Å². The van der Waals surface area contributed by atoms with Gasteiger partial charge in [-0.3, -0.25) is 4.79 Å². The van der Waals surface area contributed by atoms with Crippen LogP contribution in [0.3, 0.4) is 0 Å². The molecule has 1 heterocycles. The monoisotopic (exact) mass is 252 g/mol. The third-order valence-electron chi connectivity index (χ3n) is 2.80. The SMILES string of the molecule is C=CC(C)(Cc1ccc(CC)s1)C(=O)OCC. The number of esters is 1. The van der Waals surface area contributed by atoms with E-state index in [1.165, 1.54) is 9.75 Å². The van der Waals surface area contributed by atoms with Crippen LogP contribution in [0, 0.1) is 5.41 Å². The minimum atomic E-state index is -0.619. The number of carbonyl (C=O) groups is 1. The van der Waals surface area contributed by atoms with Crippen LogP contribution in [0.2, 0.25) is 0 Å². The van der Waals surface area contributed by atoms with E-state index in [2.05, 4.69) is 25.6 Å².